The fraction of sp³-hybridized carbons (Fsp3) is 0.500. The molecular formula is C12H17FN2O3S. The summed E-state index contributed by atoms with van der Waals surface area (Å²) in [6.45, 7) is 0. The maximum Gasteiger partial charge on any atom is 0.240 e. The van der Waals surface area contributed by atoms with E-state index in [9.17, 15) is 17.9 Å². The second-order valence-electron chi connectivity index (χ2n) is 4.60. The quantitative estimate of drug-likeness (QED) is 0.774. The lowest BCUT2D eigenvalue weighted by Crippen LogP contribution is -2.28. The molecule has 1 aliphatic carbocycles. The van der Waals surface area contributed by atoms with Crippen molar-refractivity contribution >= 4 is 15.7 Å². The zero-order valence-corrected chi connectivity index (χ0v) is 11.4. The number of halogens is 1. The predicted molar refractivity (Wildman–Crippen MR) is 69.9 cm³/mol. The highest BCUT2D eigenvalue weighted by atomic mass is 32.2. The second-order valence-corrected chi connectivity index (χ2v) is 6.48. The third-order valence-electron chi connectivity index (χ3n) is 3.34. The molecule has 19 heavy (non-hydrogen) atoms. The van der Waals surface area contributed by atoms with E-state index in [2.05, 4.69) is 10.0 Å². The van der Waals surface area contributed by atoms with Gasteiger partial charge in [0.2, 0.25) is 10.0 Å². The molecule has 1 fully saturated rings. The van der Waals surface area contributed by atoms with E-state index in [1.165, 1.54) is 19.2 Å². The van der Waals surface area contributed by atoms with Crippen LogP contribution in [0.5, 0.6) is 0 Å². The number of sulfonamides is 1. The Bertz CT molecular complexity index is 562. The molecule has 0 saturated heterocycles. The molecule has 0 aromatic heterocycles. The Hall–Kier alpha value is -1.18. The Morgan fingerprint density at radius 3 is 2.63 bits per heavy atom. The summed E-state index contributed by atoms with van der Waals surface area (Å²) >= 11 is 0. The van der Waals surface area contributed by atoms with Crippen LogP contribution < -0.4 is 10.0 Å². The van der Waals surface area contributed by atoms with Crippen LogP contribution in [0, 0.1) is 5.82 Å². The summed E-state index contributed by atoms with van der Waals surface area (Å²) in [5, 5.41) is 12.6. The summed E-state index contributed by atoms with van der Waals surface area (Å²) < 4.78 is 39.0. The van der Waals surface area contributed by atoms with E-state index in [0.717, 1.165) is 18.9 Å². The van der Waals surface area contributed by atoms with E-state index in [4.69, 9.17) is 0 Å². The zero-order chi connectivity index (χ0) is 14.0. The van der Waals surface area contributed by atoms with Gasteiger partial charge in [-0.25, -0.2) is 17.5 Å². The molecule has 0 aliphatic heterocycles. The van der Waals surface area contributed by atoms with Gasteiger partial charge >= 0.3 is 0 Å². The van der Waals surface area contributed by atoms with Gasteiger partial charge in [0, 0.05) is 0 Å². The highest BCUT2D eigenvalue weighted by Gasteiger charge is 2.26. The maximum absolute atomic E-state index is 13.9. The van der Waals surface area contributed by atoms with Gasteiger partial charge in [-0.05, 0) is 44.5 Å². The largest absolute Gasteiger partial charge is 0.391 e. The molecular weight excluding hydrogens is 271 g/mol. The molecule has 0 unspecified atom stereocenters. The van der Waals surface area contributed by atoms with Crippen molar-refractivity contribution < 1.29 is 17.9 Å². The molecule has 0 amide bonds. The molecule has 7 heteroatoms. The van der Waals surface area contributed by atoms with E-state index in [1.807, 2.05) is 0 Å². The Morgan fingerprint density at radius 1 is 1.37 bits per heavy atom. The van der Waals surface area contributed by atoms with Crippen LogP contribution in [-0.2, 0) is 10.0 Å². The van der Waals surface area contributed by atoms with Gasteiger partial charge in [-0.2, -0.15) is 0 Å². The average Bonchev–Trinajstić information content (AvgIpc) is 2.77. The van der Waals surface area contributed by atoms with Crippen molar-refractivity contribution in [2.45, 2.75) is 36.3 Å². The number of hydrogen-bond donors (Lipinski definition) is 3. The van der Waals surface area contributed by atoms with E-state index in [0.29, 0.717) is 6.42 Å². The van der Waals surface area contributed by atoms with E-state index in [-0.39, 0.29) is 16.6 Å². The topological polar surface area (TPSA) is 78.4 Å². The van der Waals surface area contributed by atoms with Crippen molar-refractivity contribution in [3.05, 3.63) is 24.0 Å². The van der Waals surface area contributed by atoms with E-state index < -0.39 is 21.9 Å². The monoisotopic (exact) mass is 288 g/mol. The molecule has 3 N–H and O–H groups in total. The van der Waals surface area contributed by atoms with Gasteiger partial charge in [-0.3, -0.25) is 0 Å². The normalized spacial score (nSPS) is 23.5. The molecule has 2 rings (SSSR count). The van der Waals surface area contributed by atoms with Crippen LogP contribution >= 0.6 is 0 Å². The van der Waals surface area contributed by atoms with Crippen molar-refractivity contribution in [1.29, 1.82) is 0 Å². The van der Waals surface area contributed by atoms with Crippen LogP contribution in [0.15, 0.2) is 23.1 Å². The van der Waals surface area contributed by atoms with Gasteiger partial charge in [0.25, 0.3) is 0 Å². The van der Waals surface area contributed by atoms with Gasteiger partial charge in [0.1, 0.15) is 5.82 Å². The predicted octanol–water partition coefficient (Wildman–Crippen LogP) is 1.06. The lowest BCUT2D eigenvalue weighted by molar-refractivity contribution is 0.171. The van der Waals surface area contributed by atoms with Crippen molar-refractivity contribution in [3.8, 4) is 0 Å². The first-order valence-electron chi connectivity index (χ1n) is 6.12. The van der Waals surface area contributed by atoms with Crippen LogP contribution in [0.3, 0.4) is 0 Å². The van der Waals surface area contributed by atoms with Gasteiger partial charge in [-0.15, -0.1) is 0 Å². The van der Waals surface area contributed by atoms with Crippen LogP contribution in [0.25, 0.3) is 0 Å². The fourth-order valence-electron chi connectivity index (χ4n) is 2.21. The SMILES string of the molecule is CNS(=O)(=O)c1ccc(N[C@@H]2CCC[C@@H]2O)c(F)c1. The van der Waals surface area contributed by atoms with Crippen LogP contribution in [0.2, 0.25) is 0 Å². The number of benzene rings is 1. The molecule has 1 aromatic carbocycles. The first kappa shape index (κ1) is 14.2. The molecule has 1 aliphatic rings. The molecule has 0 radical (unpaired) electrons. The number of aliphatic hydroxyl groups excluding tert-OH is 1. The molecule has 0 spiro atoms. The lowest BCUT2D eigenvalue weighted by atomic mass is 10.2. The smallest absolute Gasteiger partial charge is 0.240 e. The highest BCUT2D eigenvalue weighted by Crippen LogP contribution is 2.25. The highest BCUT2D eigenvalue weighted by molar-refractivity contribution is 7.89. The number of anilines is 1. The van der Waals surface area contributed by atoms with Gasteiger partial charge in [0.15, 0.2) is 0 Å². The zero-order valence-electron chi connectivity index (χ0n) is 10.6. The summed E-state index contributed by atoms with van der Waals surface area (Å²) in [4.78, 5) is -0.120. The van der Waals surface area contributed by atoms with Gasteiger partial charge in [-0.1, -0.05) is 0 Å². The minimum atomic E-state index is -3.64. The van der Waals surface area contributed by atoms with Crippen molar-refractivity contribution in [2.24, 2.45) is 0 Å². The average molecular weight is 288 g/mol. The summed E-state index contributed by atoms with van der Waals surface area (Å²) in [6.07, 6.45) is 1.88. The third kappa shape index (κ3) is 3.05. The van der Waals surface area contributed by atoms with Crippen molar-refractivity contribution in [3.63, 3.8) is 0 Å². The second kappa shape index (κ2) is 5.44. The fourth-order valence-corrected chi connectivity index (χ4v) is 2.95. The Balaban J connectivity index is 2.20. The Labute approximate surface area is 111 Å². The summed E-state index contributed by atoms with van der Waals surface area (Å²) in [6, 6.07) is 3.50. The van der Waals surface area contributed by atoms with Crippen LogP contribution in [-0.4, -0.2) is 32.7 Å². The summed E-state index contributed by atoms with van der Waals surface area (Å²) in [5.41, 5.74) is 0.209. The van der Waals surface area contributed by atoms with Crippen molar-refractivity contribution in [1.82, 2.24) is 4.72 Å². The van der Waals surface area contributed by atoms with E-state index >= 15 is 0 Å². The maximum atomic E-state index is 13.9. The number of rotatable bonds is 4. The Kier molecular flexibility index (Phi) is 4.07. The number of nitrogens with one attached hydrogen (secondary N) is 2. The van der Waals surface area contributed by atoms with E-state index in [1.54, 1.807) is 0 Å². The molecule has 5 nitrogen and oxygen atoms in total. The van der Waals surface area contributed by atoms with Gasteiger partial charge in [0.05, 0.1) is 22.7 Å². The summed E-state index contributed by atoms with van der Waals surface area (Å²) in [5.74, 6) is -0.643. The number of hydrogen-bond acceptors (Lipinski definition) is 4. The summed E-state index contributed by atoms with van der Waals surface area (Å²) in [7, 11) is -2.37. The Morgan fingerprint density at radius 2 is 2.11 bits per heavy atom. The number of aliphatic hydroxyl groups is 1. The minimum Gasteiger partial charge on any atom is -0.391 e. The first-order valence-corrected chi connectivity index (χ1v) is 7.60. The molecule has 2 atom stereocenters. The minimum absolute atomic E-state index is 0.120. The van der Waals surface area contributed by atoms with Crippen molar-refractivity contribution in [2.75, 3.05) is 12.4 Å². The molecule has 1 aromatic rings. The van der Waals surface area contributed by atoms with Crippen LogP contribution in [0.4, 0.5) is 10.1 Å². The molecule has 0 bridgehead atoms. The standard InChI is InChI=1S/C12H17FN2O3S/c1-14-19(17,18)8-5-6-10(9(13)7-8)15-11-3-2-4-12(11)16/h5-7,11-12,14-16H,2-4H2,1H3/t11-,12+/m1/s1. The van der Waals surface area contributed by atoms with Crippen LogP contribution in [0.1, 0.15) is 19.3 Å². The van der Waals surface area contributed by atoms with Gasteiger partial charge < -0.3 is 10.4 Å². The third-order valence-corrected chi connectivity index (χ3v) is 4.75. The first-order chi connectivity index (χ1) is 8.94. The molecule has 1 saturated carbocycles. The lowest BCUT2D eigenvalue weighted by Gasteiger charge is -2.18. The molecule has 106 valence electrons. The molecule has 0 heterocycles.